The molecule has 0 saturated carbocycles. The van der Waals surface area contributed by atoms with Crippen LogP contribution in [0.5, 0.6) is 5.75 Å². The molecule has 0 fully saturated rings. The number of nitrogens with one attached hydrogen (secondary N) is 2. The van der Waals surface area contributed by atoms with E-state index < -0.39 is 0 Å². The molecule has 0 aliphatic carbocycles. The summed E-state index contributed by atoms with van der Waals surface area (Å²) in [7, 11) is 0. The Morgan fingerprint density at radius 3 is 2.29 bits per heavy atom. The van der Waals surface area contributed by atoms with E-state index in [4.69, 9.17) is 5.11 Å². The molecule has 24 heavy (non-hydrogen) atoms. The highest BCUT2D eigenvalue weighted by molar-refractivity contribution is 5.93. The van der Waals surface area contributed by atoms with E-state index in [1.807, 2.05) is 31.2 Å². The van der Waals surface area contributed by atoms with Crippen molar-refractivity contribution in [3.8, 4) is 5.75 Å². The number of nitrogens with zero attached hydrogens (tertiary/aromatic N) is 1. The van der Waals surface area contributed by atoms with Crippen LogP contribution < -0.4 is 10.7 Å². The summed E-state index contributed by atoms with van der Waals surface area (Å²) in [6.45, 7) is 1.97. The first-order valence-electron chi connectivity index (χ1n) is 7.50. The highest BCUT2D eigenvalue weighted by Crippen LogP contribution is 2.09. The maximum atomic E-state index is 11.8. The molecule has 6 nitrogen and oxygen atoms in total. The molecule has 2 aromatic rings. The molecule has 0 spiro atoms. The molecule has 0 heterocycles. The fourth-order valence-corrected chi connectivity index (χ4v) is 1.88. The molecule has 0 atom stereocenters. The van der Waals surface area contributed by atoms with Gasteiger partial charge in [0.05, 0.1) is 6.21 Å². The van der Waals surface area contributed by atoms with Gasteiger partial charge in [-0.25, -0.2) is 5.43 Å². The summed E-state index contributed by atoms with van der Waals surface area (Å²) < 4.78 is 0. The zero-order valence-electron chi connectivity index (χ0n) is 13.3. The lowest BCUT2D eigenvalue weighted by Gasteiger charge is -2.05. The summed E-state index contributed by atoms with van der Waals surface area (Å²) in [6.07, 6.45) is 1.59. The molecule has 3 N–H and O–H groups in total. The van der Waals surface area contributed by atoms with Crippen LogP contribution in [0.25, 0.3) is 0 Å². The lowest BCUT2D eigenvalue weighted by Crippen LogP contribution is -2.20. The van der Waals surface area contributed by atoms with Gasteiger partial charge >= 0.3 is 0 Å². The summed E-state index contributed by atoms with van der Waals surface area (Å²) >= 11 is 0. The van der Waals surface area contributed by atoms with Crippen LogP contribution in [0.3, 0.4) is 0 Å². The third kappa shape index (κ3) is 5.92. The number of hydrazone groups is 1. The molecular weight excluding hydrogens is 306 g/mol. The first-order chi connectivity index (χ1) is 11.5. The fraction of sp³-hybridized carbons (Fsp3) is 0.167. The third-order valence-electron chi connectivity index (χ3n) is 3.21. The van der Waals surface area contributed by atoms with E-state index >= 15 is 0 Å². The normalized spacial score (nSPS) is 10.5. The first kappa shape index (κ1) is 17.2. The molecule has 2 amide bonds. The van der Waals surface area contributed by atoms with Crippen molar-refractivity contribution in [2.45, 2.75) is 19.8 Å². The van der Waals surface area contributed by atoms with Gasteiger partial charge in [0.2, 0.25) is 11.8 Å². The predicted octanol–water partition coefficient (Wildman–Crippen LogP) is 2.57. The number of amides is 2. The van der Waals surface area contributed by atoms with Gasteiger partial charge in [0.1, 0.15) is 5.75 Å². The van der Waals surface area contributed by atoms with Crippen molar-refractivity contribution in [1.29, 1.82) is 0 Å². The standard InChI is InChI=1S/C18H19N3O3/c1-13-2-6-15(7-3-13)20-17(23)10-11-18(24)21-19-12-14-4-8-16(22)9-5-14/h2-9,12,22H,10-11H2,1H3,(H,20,23)(H,21,24)/b19-12-. The van der Waals surface area contributed by atoms with Crippen molar-refractivity contribution in [1.82, 2.24) is 5.43 Å². The Morgan fingerprint density at radius 1 is 1.00 bits per heavy atom. The Labute approximate surface area is 140 Å². The Bertz CT molecular complexity index is 722. The fourth-order valence-electron chi connectivity index (χ4n) is 1.88. The number of aryl methyl sites for hydroxylation is 1. The van der Waals surface area contributed by atoms with Gasteiger partial charge in [0.15, 0.2) is 0 Å². The SMILES string of the molecule is Cc1ccc(NC(=O)CCC(=O)N/N=C\c2ccc(O)cc2)cc1. The van der Waals surface area contributed by atoms with Crippen LogP contribution in [0.15, 0.2) is 53.6 Å². The quantitative estimate of drug-likeness (QED) is 0.563. The molecule has 2 rings (SSSR count). The lowest BCUT2D eigenvalue weighted by molar-refractivity contribution is -0.124. The van der Waals surface area contributed by atoms with Crippen LogP contribution in [0.4, 0.5) is 5.69 Å². The van der Waals surface area contributed by atoms with Gasteiger partial charge in [0.25, 0.3) is 0 Å². The van der Waals surface area contributed by atoms with E-state index in [9.17, 15) is 9.59 Å². The third-order valence-corrected chi connectivity index (χ3v) is 3.21. The number of hydrogen-bond acceptors (Lipinski definition) is 4. The summed E-state index contributed by atoms with van der Waals surface area (Å²) in [6, 6.07) is 13.8. The van der Waals surface area contributed by atoms with Gasteiger partial charge in [-0.3, -0.25) is 9.59 Å². The number of benzene rings is 2. The smallest absolute Gasteiger partial charge is 0.240 e. The van der Waals surface area contributed by atoms with Gasteiger partial charge in [0, 0.05) is 18.5 Å². The van der Waals surface area contributed by atoms with Crippen LogP contribution in [0.1, 0.15) is 24.0 Å². The van der Waals surface area contributed by atoms with Crippen molar-refractivity contribution in [3.63, 3.8) is 0 Å². The molecule has 124 valence electrons. The van der Waals surface area contributed by atoms with Gasteiger partial charge in [-0.05, 0) is 48.9 Å². The number of aromatic hydroxyl groups is 1. The zero-order valence-corrected chi connectivity index (χ0v) is 13.3. The Morgan fingerprint density at radius 2 is 1.62 bits per heavy atom. The maximum Gasteiger partial charge on any atom is 0.240 e. The maximum absolute atomic E-state index is 11.8. The summed E-state index contributed by atoms with van der Waals surface area (Å²) in [4.78, 5) is 23.4. The van der Waals surface area contributed by atoms with E-state index in [-0.39, 0.29) is 30.4 Å². The molecular formula is C18H19N3O3. The van der Waals surface area contributed by atoms with Crippen molar-refractivity contribution < 1.29 is 14.7 Å². The van der Waals surface area contributed by atoms with E-state index in [1.54, 1.807) is 12.1 Å². The summed E-state index contributed by atoms with van der Waals surface area (Å²) in [5.41, 5.74) is 4.92. The van der Waals surface area contributed by atoms with E-state index in [0.29, 0.717) is 5.69 Å². The Kier molecular flexibility index (Phi) is 6.08. The molecule has 0 unspecified atom stereocenters. The molecule has 0 aromatic heterocycles. The van der Waals surface area contributed by atoms with Gasteiger partial charge in [-0.2, -0.15) is 5.10 Å². The minimum absolute atomic E-state index is 0.0462. The Hall–Kier alpha value is -3.15. The van der Waals surface area contributed by atoms with Gasteiger partial charge in [-0.15, -0.1) is 0 Å². The topological polar surface area (TPSA) is 90.8 Å². The largest absolute Gasteiger partial charge is 0.508 e. The van der Waals surface area contributed by atoms with E-state index in [2.05, 4.69) is 15.8 Å². The van der Waals surface area contributed by atoms with Gasteiger partial charge < -0.3 is 10.4 Å². The lowest BCUT2D eigenvalue weighted by atomic mass is 10.2. The molecule has 2 aromatic carbocycles. The van der Waals surface area contributed by atoms with Crippen molar-refractivity contribution in [2.75, 3.05) is 5.32 Å². The molecule has 0 saturated heterocycles. The van der Waals surface area contributed by atoms with Gasteiger partial charge in [-0.1, -0.05) is 17.7 Å². The van der Waals surface area contributed by atoms with Crippen molar-refractivity contribution in [3.05, 3.63) is 59.7 Å². The highest BCUT2D eigenvalue weighted by atomic mass is 16.3. The minimum Gasteiger partial charge on any atom is -0.508 e. The molecule has 0 aliphatic rings. The number of phenolic OH excluding ortho intramolecular Hbond substituents is 1. The average Bonchev–Trinajstić information content (AvgIpc) is 2.57. The second kappa shape index (κ2) is 8.47. The van der Waals surface area contributed by atoms with E-state index in [1.165, 1.54) is 18.3 Å². The number of carbonyl (C=O) groups excluding carboxylic acids is 2. The van der Waals surface area contributed by atoms with Crippen LogP contribution in [0, 0.1) is 6.92 Å². The van der Waals surface area contributed by atoms with Crippen LogP contribution in [-0.4, -0.2) is 23.1 Å². The second-order valence-corrected chi connectivity index (χ2v) is 5.30. The predicted molar refractivity (Wildman–Crippen MR) is 92.9 cm³/mol. The first-order valence-corrected chi connectivity index (χ1v) is 7.50. The number of anilines is 1. The van der Waals surface area contributed by atoms with Crippen molar-refractivity contribution in [2.24, 2.45) is 5.10 Å². The van der Waals surface area contributed by atoms with E-state index in [0.717, 1.165) is 11.1 Å². The highest BCUT2D eigenvalue weighted by Gasteiger charge is 2.06. The van der Waals surface area contributed by atoms with Crippen LogP contribution in [0.2, 0.25) is 0 Å². The summed E-state index contributed by atoms with van der Waals surface area (Å²) in [5.74, 6) is -0.406. The molecule has 0 aliphatic heterocycles. The Balaban J connectivity index is 1.71. The number of rotatable bonds is 6. The monoisotopic (exact) mass is 325 g/mol. The molecule has 0 radical (unpaired) electrons. The average molecular weight is 325 g/mol. The van der Waals surface area contributed by atoms with Crippen LogP contribution >= 0.6 is 0 Å². The summed E-state index contributed by atoms with van der Waals surface area (Å²) in [5, 5.41) is 15.7. The minimum atomic E-state index is -0.343. The number of hydrogen-bond donors (Lipinski definition) is 3. The molecule has 6 heteroatoms. The van der Waals surface area contributed by atoms with Crippen molar-refractivity contribution >= 4 is 23.7 Å². The van der Waals surface area contributed by atoms with Crippen LogP contribution in [-0.2, 0) is 9.59 Å². The molecule has 0 bridgehead atoms. The zero-order chi connectivity index (χ0) is 17.4. The number of carbonyl (C=O) groups is 2. The second-order valence-electron chi connectivity index (χ2n) is 5.30. The number of phenols is 1.